The molecular formula is C17H22BrNO2. The minimum absolute atomic E-state index is 0.281. The van der Waals surface area contributed by atoms with Gasteiger partial charge in [-0.25, -0.2) is 4.79 Å². The smallest absolute Gasteiger partial charge is 0.337 e. The van der Waals surface area contributed by atoms with E-state index in [0.29, 0.717) is 5.56 Å². The van der Waals surface area contributed by atoms with Gasteiger partial charge in [0.25, 0.3) is 0 Å². The van der Waals surface area contributed by atoms with Crippen molar-refractivity contribution in [3.63, 3.8) is 0 Å². The van der Waals surface area contributed by atoms with E-state index in [2.05, 4.69) is 26.9 Å². The molecule has 3 nitrogen and oxygen atoms in total. The number of hydrogen-bond acceptors (Lipinski definition) is 3. The van der Waals surface area contributed by atoms with Gasteiger partial charge in [-0.1, -0.05) is 28.4 Å². The molecule has 0 radical (unpaired) electrons. The molecule has 0 spiro atoms. The highest BCUT2D eigenvalue weighted by molar-refractivity contribution is 9.10. The second-order valence-electron chi connectivity index (χ2n) is 6.17. The number of hydrogen-bond donors (Lipinski definition) is 0. The Morgan fingerprint density at radius 3 is 2.90 bits per heavy atom. The van der Waals surface area contributed by atoms with Gasteiger partial charge in [-0.05, 0) is 55.8 Å². The molecule has 0 amide bonds. The molecule has 1 aliphatic carbocycles. The van der Waals surface area contributed by atoms with Gasteiger partial charge < -0.3 is 4.74 Å². The Hall–Kier alpha value is -0.870. The number of likely N-dealkylation sites (tertiary alicyclic amines) is 1. The number of nitrogens with zero attached hydrogens (tertiary/aromatic N) is 1. The number of rotatable bonds is 3. The van der Waals surface area contributed by atoms with Crippen LogP contribution in [0.4, 0.5) is 0 Å². The van der Waals surface area contributed by atoms with Crippen LogP contribution in [0.3, 0.4) is 0 Å². The van der Waals surface area contributed by atoms with Gasteiger partial charge in [0, 0.05) is 17.1 Å². The lowest BCUT2D eigenvalue weighted by Gasteiger charge is -2.38. The summed E-state index contributed by atoms with van der Waals surface area (Å²) in [5.74, 6) is 0.628. The van der Waals surface area contributed by atoms with Crippen LogP contribution in [0.15, 0.2) is 22.7 Å². The van der Waals surface area contributed by atoms with Gasteiger partial charge in [-0.2, -0.15) is 0 Å². The van der Waals surface area contributed by atoms with Crippen LogP contribution < -0.4 is 0 Å². The Morgan fingerprint density at radius 1 is 1.33 bits per heavy atom. The number of halogens is 1. The van der Waals surface area contributed by atoms with Crippen molar-refractivity contribution in [3.8, 4) is 0 Å². The third-order valence-corrected chi connectivity index (χ3v) is 5.69. The average molecular weight is 352 g/mol. The van der Waals surface area contributed by atoms with Crippen molar-refractivity contribution in [1.82, 2.24) is 4.90 Å². The third kappa shape index (κ3) is 3.16. The summed E-state index contributed by atoms with van der Waals surface area (Å²) >= 11 is 3.61. The summed E-state index contributed by atoms with van der Waals surface area (Å²) in [4.78, 5) is 14.2. The molecule has 0 aromatic heterocycles. The fourth-order valence-corrected chi connectivity index (χ4v) is 4.40. The molecule has 21 heavy (non-hydrogen) atoms. The second-order valence-corrected chi connectivity index (χ2v) is 7.02. The lowest BCUT2D eigenvalue weighted by molar-refractivity contribution is 0.0600. The van der Waals surface area contributed by atoms with Crippen LogP contribution in [-0.4, -0.2) is 30.6 Å². The van der Waals surface area contributed by atoms with Gasteiger partial charge in [0.15, 0.2) is 0 Å². The molecule has 1 saturated heterocycles. The quantitative estimate of drug-likeness (QED) is 0.770. The molecule has 2 aliphatic rings. The highest BCUT2D eigenvalue weighted by Crippen LogP contribution is 2.37. The van der Waals surface area contributed by atoms with Crippen LogP contribution in [0.5, 0.6) is 0 Å². The average Bonchev–Trinajstić information content (AvgIpc) is 2.98. The van der Waals surface area contributed by atoms with Crippen LogP contribution in [0.1, 0.15) is 48.0 Å². The topological polar surface area (TPSA) is 29.5 Å². The van der Waals surface area contributed by atoms with Gasteiger partial charge in [0.2, 0.25) is 0 Å². The van der Waals surface area contributed by atoms with E-state index in [-0.39, 0.29) is 5.97 Å². The summed E-state index contributed by atoms with van der Waals surface area (Å²) in [5, 5.41) is 0. The molecular weight excluding hydrogens is 330 g/mol. The molecule has 4 heteroatoms. The minimum atomic E-state index is -0.281. The molecule has 1 aromatic rings. The molecule has 1 heterocycles. The van der Waals surface area contributed by atoms with E-state index in [9.17, 15) is 4.79 Å². The molecule has 114 valence electrons. The number of methoxy groups -OCH3 is 1. The maximum Gasteiger partial charge on any atom is 0.337 e. The van der Waals surface area contributed by atoms with Crippen molar-refractivity contribution in [2.75, 3.05) is 13.7 Å². The number of ether oxygens (including phenoxy) is 1. The first-order valence-electron chi connectivity index (χ1n) is 7.80. The zero-order valence-electron chi connectivity index (χ0n) is 12.5. The van der Waals surface area contributed by atoms with Crippen molar-refractivity contribution in [3.05, 3.63) is 33.8 Å². The first-order chi connectivity index (χ1) is 10.2. The fourth-order valence-electron chi connectivity index (χ4n) is 3.89. The number of carbonyl (C=O) groups is 1. The maximum absolute atomic E-state index is 11.6. The summed E-state index contributed by atoms with van der Waals surface area (Å²) in [7, 11) is 1.41. The predicted molar refractivity (Wildman–Crippen MR) is 86.3 cm³/mol. The number of esters is 1. The molecule has 3 rings (SSSR count). The van der Waals surface area contributed by atoms with Crippen LogP contribution >= 0.6 is 15.9 Å². The Balaban J connectivity index is 1.74. The monoisotopic (exact) mass is 351 g/mol. The number of benzene rings is 1. The molecule has 0 bridgehead atoms. The summed E-state index contributed by atoms with van der Waals surface area (Å²) in [6, 6.07) is 6.56. The van der Waals surface area contributed by atoms with Gasteiger partial charge in [-0.15, -0.1) is 0 Å². The maximum atomic E-state index is 11.6. The van der Waals surface area contributed by atoms with Gasteiger partial charge in [-0.3, -0.25) is 4.90 Å². The highest BCUT2D eigenvalue weighted by atomic mass is 79.9. The molecule has 1 saturated carbocycles. The molecule has 2 fully saturated rings. The largest absolute Gasteiger partial charge is 0.465 e. The van der Waals surface area contributed by atoms with E-state index in [1.54, 1.807) is 0 Å². The van der Waals surface area contributed by atoms with Crippen molar-refractivity contribution >= 4 is 21.9 Å². The zero-order valence-corrected chi connectivity index (χ0v) is 14.1. The van der Waals surface area contributed by atoms with Gasteiger partial charge >= 0.3 is 5.97 Å². The van der Waals surface area contributed by atoms with E-state index >= 15 is 0 Å². The van der Waals surface area contributed by atoms with Crippen LogP contribution in [0.25, 0.3) is 0 Å². The lowest BCUT2D eigenvalue weighted by Crippen LogP contribution is -2.41. The van der Waals surface area contributed by atoms with E-state index in [1.165, 1.54) is 51.3 Å². The summed E-state index contributed by atoms with van der Waals surface area (Å²) in [6.45, 7) is 2.18. The van der Waals surface area contributed by atoms with E-state index in [0.717, 1.165) is 23.0 Å². The Morgan fingerprint density at radius 2 is 2.14 bits per heavy atom. The zero-order chi connectivity index (χ0) is 14.8. The summed E-state index contributed by atoms with van der Waals surface area (Å²) < 4.78 is 5.77. The van der Waals surface area contributed by atoms with Gasteiger partial charge in [0.1, 0.15) is 0 Å². The molecule has 1 aliphatic heterocycles. The lowest BCUT2D eigenvalue weighted by atomic mass is 9.91. The molecule has 0 N–H and O–H groups in total. The number of piperidine rings is 1. The molecule has 2 unspecified atom stereocenters. The normalized spacial score (nSPS) is 25.6. The van der Waals surface area contributed by atoms with Gasteiger partial charge in [0.05, 0.1) is 12.7 Å². The van der Waals surface area contributed by atoms with E-state index in [4.69, 9.17) is 4.74 Å². The third-order valence-electron chi connectivity index (χ3n) is 4.96. The minimum Gasteiger partial charge on any atom is -0.465 e. The standard InChI is InChI=1S/C17H22BrNO2/c1-21-17(20)13-7-8-14(15(18)10-13)11-19-9-3-5-12-4-2-6-16(12)19/h7-8,10,12,16H,2-6,9,11H2,1H3. The summed E-state index contributed by atoms with van der Waals surface area (Å²) in [5.41, 5.74) is 1.86. The van der Waals surface area contributed by atoms with Crippen LogP contribution in [0.2, 0.25) is 0 Å². The SMILES string of the molecule is COC(=O)c1ccc(CN2CCCC3CCCC32)c(Br)c1. The first-order valence-corrected chi connectivity index (χ1v) is 8.59. The number of fused-ring (bicyclic) bond motifs is 1. The van der Waals surface area contributed by atoms with Crippen molar-refractivity contribution in [1.29, 1.82) is 0 Å². The van der Waals surface area contributed by atoms with E-state index < -0.39 is 0 Å². The Labute approximate surface area is 134 Å². The van der Waals surface area contributed by atoms with Crippen molar-refractivity contribution in [2.24, 2.45) is 5.92 Å². The highest BCUT2D eigenvalue weighted by Gasteiger charge is 2.34. The van der Waals surface area contributed by atoms with Crippen molar-refractivity contribution in [2.45, 2.75) is 44.7 Å². The van der Waals surface area contributed by atoms with E-state index in [1.807, 2.05) is 12.1 Å². The molecule has 2 atom stereocenters. The predicted octanol–water partition coefficient (Wildman–Crippen LogP) is 4.00. The Bertz CT molecular complexity index is 532. The van der Waals surface area contributed by atoms with Crippen LogP contribution in [0, 0.1) is 5.92 Å². The van der Waals surface area contributed by atoms with Crippen LogP contribution in [-0.2, 0) is 11.3 Å². The van der Waals surface area contributed by atoms with Crippen molar-refractivity contribution < 1.29 is 9.53 Å². The second kappa shape index (κ2) is 6.49. The Kier molecular flexibility index (Phi) is 4.65. The fraction of sp³-hybridized carbons (Fsp3) is 0.588. The molecule has 1 aromatic carbocycles. The first kappa shape index (κ1) is 15.0. The summed E-state index contributed by atoms with van der Waals surface area (Å²) in [6.07, 6.45) is 6.86. The number of carbonyl (C=O) groups excluding carboxylic acids is 1.